The maximum absolute atomic E-state index is 9.82. The van der Waals surface area contributed by atoms with Gasteiger partial charge >= 0.3 is 0 Å². The van der Waals surface area contributed by atoms with Crippen molar-refractivity contribution in [3.63, 3.8) is 0 Å². The van der Waals surface area contributed by atoms with Gasteiger partial charge in [0.2, 0.25) is 0 Å². The summed E-state index contributed by atoms with van der Waals surface area (Å²) >= 11 is 0. The van der Waals surface area contributed by atoms with Gasteiger partial charge in [0.1, 0.15) is 5.75 Å². The topological polar surface area (TPSA) is 62.4 Å². The van der Waals surface area contributed by atoms with Gasteiger partial charge in [0.25, 0.3) is 11.8 Å². The zero-order valence-electron chi connectivity index (χ0n) is 10.3. The molecule has 1 saturated heterocycles. The molecule has 94 valence electrons. The molecule has 0 unspecified atom stereocenters. The quantitative estimate of drug-likeness (QED) is 0.880. The van der Waals surface area contributed by atoms with Gasteiger partial charge in [0.05, 0.1) is 5.56 Å². The normalized spacial score (nSPS) is 15.3. The Hall–Kier alpha value is -2.04. The van der Waals surface area contributed by atoms with E-state index in [1.54, 1.807) is 6.07 Å². The van der Waals surface area contributed by atoms with Gasteiger partial charge in [-0.15, -0.1) is 0 Å². The fourth-order valence-electron chi connectivity index (χ4n) is 2.19. The second kappa shape index (κ2) is 4.33. The van der Waals surface area contributed by atoms with Crippen LogP contribution in [0.1, 0.15) is 18.4 Å². The molecule has 1 N–H and O–H groups in total. The fraction of sp³-hybridized carbons (Fsp3) is 0.385. The van der Waals surface area contributed by atoms with Gasteiger partial charge in [-0.2, -0.15) is 4.98 Å². The Morgan fingerprint density at radius 2 is 2.06 bits per heavy atom. The molecule has 1 aromatic heterocycles. The Morgan fingerprint density at radius 3 is 2.83 bits per heavy atom. The average Bonchev–Trinajstić information content (AvgIpc) is 3.00. The number of aromatic hydroxyl groups is 1. The van der Waals surface area contributed by atoms with Crippen LogP contribution >= 0.6 is 0 Å². The van der Waals surface area contributed by atoms with Gasteiger partial charge in [-0.3, -0.25) is 0 Å². The maximum atomic E-state index is 9.82. The van der Waals surface area contributed by atoms with Crippen LogP contribution in [0.3, 0.4) is 0 Å². The Labute approximate surface area is 105 Å². The highest BCUT2D eigenvalue weighted by Gasteiger charge is 2.19. The predicted molar refractivity (Wildman–Crippen MR) is 67.6 cm³/mol. The van der Waals surface area contributed by atoms with E-state index in [-0.39, 0.29) is 5.75 Å². The van der Waals surface area contributed by atoms with E-state index in [0.29, 0.717) is 17.4 Å². The molecular formula is C13H15N3O2. The number of anilines is 1. The summed E-state index contributed by atoms with van der Waals surface area (Å²) in [7, 11) is 0. The summed E-state index contributed by atoms with van der Waals surface area (Å²) < 4.78 is 5.24. The van der Waals surface area contributed by atoms with E-state index in [1.165, 1.54) is 12.8 Å². The molecule has 0 radical (unpaired) electrons. The molecule has 2 aromatic rings. The van der Waals surface area contributed by atoms with E-state index in [2.05, 4.69) is 15.0 Å². The van der Waals surface area contributed by atoms with Crippen molar-refractivity contribution in [3.05, 3.63) is 23.8 Å². The lowest BCUT2D eigenvalue weighted by atomic mass is 10.1. The van der Waals surface area contributed by atoms with Crippen molar-refractivity contribution in [1.29, 1.82) is 0 Å². The summed E-state index contributed by atoms with van der Waals surface area (Å²) in [5.41, 5.74) is 1.64. The molecule has 0 bridgehead atoms. The summed E-state index contributed by atoms with van der Waals surface area (Å²) in [5.74, 6) is 1.15. The van der Waals surface area contributed by atoms with Crippen LogP contribution in [0.25, 0.3) is 11.5 Å². The van der Waals surface area contributed by atoms with Crippen molar-refractivity contribution in [2.75, 3.05) is 18.0 Å². The van der Waals surface area contributed by atoms with E-state index in [9.17, 15) is 5.11 Å². The Balaban J connectivity index is 1.94. The first-order valence-electron chi connectivity index (χ1n) is 6.13. The van der Waals surface area contributed by atoms with Gasteiger partial charge < -0.3 is 14.5 Å². The van der Waals surface area contributed by atoms with Crippen LogP contribution in [-0.4, -0.2) is 28.3 Å². The van der Waals surface area contributed by atoms with Gasteiger partial charge in [0, 0.05) is 13.1 Å². The molecule has 0 spiro atoms. The molecular weight excluding hydrogens is 230 g/mol. The minimum Gasteiger partial charge on any atom is -0.507 e. The SMILES string of the molecule is Cc1ccc(O)c(-c2nc(N3CCCC3)no2)c1. The molecule has 3 rings (SSSR count). The highest BCUT2D eigenvalue weighted by atomic mass is 16.5. The Bertz CT molecular complexity index is 559. The maximum Gasteiger partial charge on any atom is 0.266 e. The Morgan fingerprint density at radius 1 is 1.28 bits per heavy atom. The van der Waals surface area contributed by atoms with E-state index in [1.807, 2.05) is 19.1 Å². The highest BCUT2D eigenvalue weighted by Crippen LogP contribution is 2.30. The standard InChI is InChI=1S/C13H15N3O2/c1-9-4-5-11(17)10(8-9)12-14-13(15-18-12)16-6-2-3-7-16/h4-5,8,17H,2-3,6-7H2,1H3. The van der Waals surface area contributed by atoms with E-state index < -0.39 is 0 Å². The molecule has 1 fully saturated rings. The molecule has 0 aliphatic carbocycles. The first kappa shape index (κ1) is 11.1. The first-order chi connectivity index (χ1) is 8.74. The van der Waals surface area contributed by atoms with Crippen LogP contribution in [0, 0.1) is 6.92 Å². The third-order valence-electron chi connectivity index (χ3n) is 3.19. The summed E-state index contributed by atoms with van der Waals surface area (Å²) in [4.78, 5) is 6.45. The van der Waals surface area contributed by atoms with E-state index in [4.69, 9.17) is 4.52 Å². The summed E-state index contributed by atoms with van der Waals surface area (Å²) in [6.07, 6.45) is 2.33. The number of nitrogens with zero attached hydrogens (tertiary/aromatic N) is 3. The molecule has 1 aromatic carbocycles. The monoisotopic (exact) mass is 245 g/mol. The largest absolute Gasteiger partial charge is 0.507 e. The molecule has 1 aliphatic rings. The highest BCUT2D eigenvalue weighted by molar-refractivity contribution is 5.63. The van der Waals surface area contributed by atoms with Gasteiger partial charge in [-0.1, -0.05) is 11.6 Å². The van der Waals surface area contributed by atoms with Gasteiger partial charge in [-0.05, 0) is 37.1 Å². The van der Waals surface area contributed by atoms with Gasteiger partial charge in [-0.25, -0.2) is 0 Å². The molecule has 0 amide bonds. The van der Waals surface area contributed by atoms with Gasteiger partial charge in [0.15, 0.2) is 0 Å². The molecule has 5 nitrogen and oxygen atoms in total. The fourth-order valence-corrected chi connectivity index (χ4v) is 2.19. The third kappa shape index (κ3) is 1.92. The van der Waals surface area contributed by atoms with Crippen molar-refractivity contribution in [2.24, 2.45) is 0 Å². The predicted octanol–water partition coefficient (Wildman–Crippen LogP) is 2.35. The molecule has 5 heteroatoms. The number of phenolic OH excluding ortho intramolecular Hbond substituents is 1. The first-order valence-corrected chi connectivity index (χ1v) is 6.13. The summed E-state index contributed by atoms with van der Waals surface area (Å²) in [5, 5.41) is 13.8. The molecule has 2 heterocycles. The lowest BCUT2D eigenvalue weighted by Gasteiger charge is -2.09. The van der Waals surface area contributed by atoms with Crippen LogP contribution < -0.4 is 4.90 Å². The minimum absolute atomic E-state index is 0.164. The van der Waals surface area contributed by atoms with E-state index >= 15 is 0 Å². The lowest BCUT2D eigenvalue weighted by Crippen LogP contribution is -2.18. The smallest absolute Gasteiger partial charge is 0.266 e. The van der Waals surface area contributed by atoms with Crippen molar-refractivity contribution in [2.45, 2.75) is 19.8 Å². The number of aromatic nitrogens is 2. The van der Waals surface area contributed by atoms with Crippen LogP contribution in [0.2, 0.25) is 0 Å². The second-order valence-electron chi connectivity index (χ2n) is 4.61. The number of aryl methyl sites for hydroxylation is 1. The average molecular weight is 245 g/mol. The summed E-state index contributed by atoms with van der Waals surface area (Å²) in [6.45, 7) is 3.90. The van der Waals surface area contributed by atoms with Crippen molar-refractivity contribution in [1.82, 2.24) is 10.1 Å². The van der Waals surface area contributed by atoms with Crippen molar-refractivity contribution in [3.8, 4) is 17.2 Å². The van der Waals surface area contributed by atoms with Crippen LogP contribution in [0.5, 0.6) is 5.75 Å². The second-order valence-corrected chi connectivity index (χ2v) is 4.61. The third-order valence-corrected chi connectivity index (χ3v) is 3.19. The number of phenols is 1. The minimum atomic E-state index is 0.164. The summed E-state index contributed by atoms with van der Waals surface area (Å²) in [6, 6.07) is 5.33. The lowest BCUT2D eigenvalue weighted by molar-refractivity contribution is 0.424. The molecule has 18 heavy (non-hydrogen) atoms. The number of hydrogen-bond acceptors (Lipinski definition) is 5. The van der Waals surface area contributed by atoms with Crippen LogP contribution in [0.4, 0.5) is 5.95 Å². The molecule has 0 atom stereocenters. The van der Waals surface area contributed by atoms with E-state index in [0.717, 1.165) is 18.7 Å². The zero-order chi connectivity index (χ0) is 12.5. The Kier molecular flexibility index (Phi) is 2.66. The number of hydrogen-bond donors (Lipinski definition) is 1. The zero-order valence-corrected chi connectivity index (χ0v) is 10.3. The number of benzene rings is 1. The van der Waals surface area contributed by atoms with Crippen molar-refractivity contribution < 1.29 is 9.63 Å². The number of rotatable bonds is 2. The molecule has 0 saturated carbocycles. The van der Waals surface area contributed by atoms with Crippen LogP contribution in [0.15, 0.2) is 22.7 Å². The molecule has 1 aliphatic heterocycles. The van der Waals surface area contributed by atoms with Crippen LogP contribution in [-0.2, 0) is 0 Å². The van der Waals surface area contributed by atoms with Crippen molar-refractivity contribution >= 4 is 5.95 Å².